The molecule has 0 saturated carbocycles. The average Bonchev–Trinajstić information content (AvgIpc) is 3.07. The molecule has 0 amide bonds. The van der Waals surface area contributed by atoms with E-state index in [9.17, 15) is 0 Å². The van der Waals surface area contributed by atoms with Gasteiger partial charge in [-0.2, -0.15) is 0 Å². The van der Waals surface area contributed by atoms with Crippen LogP contribution in [0, 0.1) is 0 Å². The monoisotopic (exact) mass is 294 g/mol. The van der Waals surface area contributed by atoms with Crippen LogP contribution >= 0.6 is 0 Å². The fourth-order valence-electron chi connectivity index (χ4n) is 5.26. The van der Waals surface area contributed by atoms with Crippen LogP contribution < -0.4 is 5.32 Å². The lowest BCUT2D eigenvalue weighted by molar-refractivity contribution is -0.112. The molecule has 0 aromatic rings. The first kappa shape index (κ1) is 14.4. The molecule has 4 fully saturated rings. The van der Waals surface area contributed by atoms with Gasteiger partial charge in [0.2, 0.25) is 0 Å². The molecule has 4 aliphatic heterocycles. The van der Waals surface area contributed by atoms with Crippen LogP contribution in [0.2, 0.25) is 0 Å². The fourth-order valence-corrected chi connectivity index (χ4v) is 5.26. The second-order valence-corrected chi connectivity index (χ2v) is 7.57. The molecule has 0 aromatic carbocycles. The Hall–Kier alpha value is -0.160. The molecular formula is C17H30N2O2. The predicted octanol–water partition coefficient (Wildman–Crippen LogP) is 1.93. The van der Waals surface area contributed by atoms with Crippen molar-refractivity contribution in [1.82, 2.24) is 10.2 Å². The molecule has 0 aliphatic carbocycles. The minimum atomic E-state index is 0.0439. The zero-order chi connectivity index (χ0) is 14.3. The van der Waals surface area contributed by atoms with Gasteiger partial charge >= 0.3 is 0 Å². The third kappa shape index (κ3) is 2.76. The van der Waals surface area contributed by atoms with Crippen molar-refractivity contribution in [3.05, 3.63) is 0 Å². The number of nitrogens with one attached hydrogen (secondary N) is 1. The van der Waals surface area contributed by atoms with Crippen LogP contribution in [0.15, 0.2) is 0 Å². The van der Waals surface area contributed by atoms with Crippen molar-refractivity contribution < 1.29 is 9.47 Å². The highest BCUT2D eigenvalue weighted by atomic mass is 16.6. The summed E-state index contributed by atoms with van der Waals surface area (Å²) >= 11 is 0. The molecule has 0 radical (unpaired) electrons. The van der Waals surface area contributed by atoms with E-state index in [1.165, 1.54) is 45.1 Å². The summed E-state index contributed by atoms with van der Waals surface area (Å²) in [6, 6.07) is 3.06. The van der Waals surface area contributed by atoms with Crippen molar-refractivity contribution in [2.45, 2.75) is 81.6 Å². The van der Waals surface area contributed by atoms with Crippen LogP contribution in [0.4, 0.5) is 0 Å². The number of ether oxygens (including phenoxy) is 2. The van der Waals surface area contributed by atoms with Gasteiger partial charge in [0.25, 0.3) is 0 Å². The number of nitrogens with zero attached hydrogens (tertiary/aromatic N) is 1. The summed E-state index contributed by atoms with van der Waals surface area (Å²) in [5, 5.41) is 3.78. The van der Waals surface area contributed by atoms with Crippen molar-refractivity contribution in [2.75, 3.05) is 26.4 Å². The average molecular weight is 294 g/mol. The van der Waals surface area contributed by atoms with Gasteiger partial charge in [0, 0.05) is 43.8 Å². The molecule has 4 unspecified atom stereocenters. The lowest BCUT2D eigenvalue weighted by atomic mass is 9.86. The third-order valence-corrected chi connectivity index (χ3v) is 6.29. The van der Waals surface area contributed by atoms with Crippen molar-refractivity contribution in [3.63, 3.8) is 0 Å². The lowest BCUT2D eigenvalue weighted by Crippen LogP contribution is -2.55. The van der Waals surface area contributed by atoms with E-state index in [-0.39, 0.29) is 5.60 Å². The molecular weight excluding hydrogens is 264 g/mol. The van der Waals surface area contributed by atoms with Crippen molar-refractivity contribution in [2.24, 2.45) is 0 Å². The van der Waals surface area contributed by atoms with Gasteiger partial charge in [-0.1, -0.05) is 6.92 Å². The summed E-state index contributed by atoms with van der Waals surface area (Å²) in [4.78, 5) is 2.81. The van der Waals surface area contributed by atoms with Gasteiger partial charge in [0.15, 0.2) is 0 Å². The second-order valence-electron chi connectivity index (χ2n) is 7.57. The van der Waals surface area contributed by atoms with Crippen LogP contribution in [0.25, 0.3) is 0 Å². The van der Waals surface area contributed by atoms with Gasteiger partial charge in [-0.25, -0.2) is 0 Å². The molecule has 4 atom stereocenters. The van der Waals surface area contributed by atoms with E-state index in [1.807, 2.05) is 0 Å². The summed E-state index contributed by atoms with van der Waals surface area (Å²) in [5.74, 6) is 0. The first-order valence-electron chi connectivity index (χ1n) is 9.01. The highest BCUT2D eigenvalue weighted by Gasteiger charge is 2.44. The van der Waals surface area contributed by atoms with E-state index in [0.717, 1.165) is 44.4 Å². The minimum absolute atomic E-state index is 0.0439. The molecule has 2 bridgehead atoms. The summed E-state index contributed by atoms with van der Waals surface area (Å²) in [7, 11) is 0. The Bertz CT molecular complexity index is 358. The standard InChI is InChI=1S/C17H30N2O2/c1-2-19(16-9-13-3-4-14(10-16)18-13)15-5-7-21-17(11-15)6-8-20-12-17/h13-16,18H,2-12H2,1H3. The second kappa shape index (κ2) is 5.80. The van der Waals surface area contributed by atoms with Crippen molar-refractivity contribution >= 4 is 0 Å². The van der Waals surface area contributed by atoms with Gasteiger partial charge < -0.3 is 14.8 Å². The number of piperidine rings is 1. The lowest BCUT2D eigenvalue weighted by Gasteiger charge is -2.46. The highest BCUT2D eigenvalue weighted by Crippen LogP contribution is 2.37. The van der Waals surface area contributed by atoms with Crippen LogP contribution in [-0.2, 0) is 9.47 Å². The van der Waals surface area contributed by atoms with E-state index >= 15 is 0 Å². The first-order chi connectivity index (χ1) is 10.3. The third-order valence-electron chi connectivity index (χ3n) is 6.29. The Morgan fingerprint density at radius 2 is 1.90 bits per heavy atom. The highest BCUT2D eigenvalue weighted by molar-refractivity contribution is 4.99. The quantitative estimate of drug-likeness (QED) is 0.862. The number of fused-ring (bicyclic) bond motifs is 2. The summed E-state index contributed by atoms with van der Waals surface area (Å²) < 4.78 is 11.8. The topological polar surface area (TPSA) is 33.7 Å². The molecule has 4 saturated heterocycles. The fraction of sp³-hybridized carbons (Fsp3) is 1.00. The molecule has 0 aromatic heterocycles. The Balaban J connectivity index is 1.45. The summed E-state index contributed by atoms with van der Waals surface area (Å²) in [5.41, 5.74) is 0.0439. The molecule has 4 rings (SSSR count). The summed E-state index contributed by atoms with van der Waals surface area (Å²) in [6.07, 6.45) is 8.97. The van der Waals surface area contributed by atoms with Crippen molar-refractivity contribution in [3.8, 4) is 0 Å². The molecule has 120 valence electrons. The van der Waals surface area contributed by atoms with E-state index in [4.69, 9.17) is 9.47 Å². The minimum Gasteiger partial charge on any atom is -0.378 e. The van der Waals surface area contributed by atoms with Crippen molar-refractivity contribution in [1.29, 1.82) is 0 Å². The van der Waals surface area contributed by atoms with Gasteiger partial charge in [-0.15, -0.1) is 0 Å². The maximum atomic E-state index is 6.13. The smallest absolute Gasteiger partial charge is 0.0951 e. The Labute approximate surface area is 128 Å². The van der Waals surface area contributed by atoms with E-state index in [1.54, 1.807) is 0 Å². The largest absolute Gasteiger partial charge is 0.378 e. The molecule has 4 heteroatoms. The maximum absolute atomic E-state index is 6.13. The maximum Gasteiger partial charge on any atom is 0.0951 e. The Kier molecular flexibility index (Phi) is 3.99. The zero-order valence-corrected chi connectivity index (χ0v) is 13.4. The normalized spacial score (nSPS) is 46.6. The first-order valence-corrected chi connectivity index (χ1v) is 9.01. The Morgan fingerprint density at radius 1 is 1.10 bits per heavy atom. The van der Waals surface area contributed by atoms with Crippen LogP contribution in [0.5, 0.6) is 0 Å². The number of hydrogen-bond donors (Lipinski definition) is 1. The van der Waals surface area contributed by atoms with Gasteiger partial charge in [-0.05, 0) is 45.1 Å². The van der Waals surface area contributed by atoms with E-state index < -0.39 is 0 Å². The van der Waals surface area contributed by atoms with E-state index in [2.05, 4.69) is 17.1 Å². The Morgan fingerprint density at radius 3 is 2.57 bits per heavy atom. The molecule has 1 N–H and O–H groups in total. The number of hydrogen-bond acceptors (Lipinski definition) is 4. The van der Waals surface area contributed by atoms with Crippen LogP contribution in [-0.4, -0.2) is 61.0 Å². The molecule has 1 spiro atoms. The SMILES string of the molecule is CCN(C1CC2CCC(C1)N2)C1CCOC2(CCOC2)C1. The number of rotatable bonds is 3. The van der Waals surface area contributed by atoms with Gasteiger partial charge in [0.1, 0.15) is 0 Å². The van der Waals surface area contributed by atoms with Gasteiger partial charge in [0.05, 0.1) is 12.2 Å². The molecule has 4 nitrogen and oxygen atoms in total. The molecule has 4 aliphatic rings. The van der Waals surface area contributed by atoms with Crippen LogP contribution in [0.1, 0.15) is 51.9 Å². The summed E-state index contributed by atoms with van der Waals surface area (Å²) in [6.45, 7) is 6.15. The zero-order valence-electron chi connectivity index (χ0n) is 13.4. The molecule has 21 heavy (non-hydrogen) atoms. The molecule has 4 heterocycles. The van der Waals surface area contributed by atoms with Gasteiger partial charge in [-0.3, -0.25) is 4.90 Å². The van der Waals surface area contributed by atoms with Crippen LogP contribution in [0.3, 0.4) is 0 Å². The van der Waals surface area contributed by atoms with E-state index in [0.29, 0.717) is 6.04 Å². The predicted molar refractivity (Wildman–Crippen MR) is 82.5 cm³/mol.